The summed E-state index contributed by atoms with van der Waals surface area (Å²) in [6.07, 6.45) is 11.5. The van der Waals surface area contributed by atoms with Gasteiger partial charge in [-0.1, -0.05) is 0 Å². The minimum atomic E-state index is 0.0955. The van der Waals surface area contributed by atoms with E-state index < -0.39 is 0 Å². The molecule has 20 heavy (non-hydrogen) atoms. The summed E-state index contributed by atoms with van der Waals surface area (Å²) >= 11 is 1.66. The Morgan fingerprint density at radius 2 is 1.85 bits per heavy atom. The van der Waals surface area contributed by atoms with Gasteiger partial charge < -0.3 is 5.32 Å². The van der Waals surface area contributed by atoms with E-state index in [-0.39, 0.29) is 11.4 Å². The lowest BCUT2D eigenvalue weighted by atomic mass is 9.53. The Hall–Kier alpha value is -1.09. The lowest BCUT2D eigenvalue weighted by molar-refractivity contribution is -0.122. The SMILES string of the molecule is O=C(/C=C/c1ccsc1)NC12CC3CC(CC(C3)C1)C2. The second kappa shape index (κ2) is 4.73. The molecular formula is C17H21NOS. The highest BCUT2D eigenvalue weighted by Crippen LogP contribution is 2.55. The van der Waals surface area contributed by atoms with Gasteiger partial charge in [0, 0.05) is 11.6 Å². The highest BCUT2D eigenvalue weighted by Gasteiger charge is 2.51. The Morgan fingerprint density at radius 3 is 2.40 bits per heavy atom. The molecule has 106 valence electrons. The molecule has 1 aromatic rings. The minimum absolute atomic E-state index is 0.0955. The van der Waals surface area contributed by atoms with Crippen molar-refractivity contribution in [2.45, 2.75) is 44.1 Å². The largest absolute Gasteiger partial charge is 0.347 e. The Kier molecular flexibility index (Phi) is 2.99. The average molecular weight is 287 g/mol. The number of carbonyl (C=O) groups is 1. The lowest BCUT2D eigenvalue weighted by Gasteiger charge is -2.56. The van der Waals surface area contributed by atoms with Crippen LogP contribution < -0.4 is 5.32 Å². The van der Waals surface area contributed by atoms with Crippen LogP contribution in [0.2, 0.25) is 0 Å². The molecule has 4 saturated carbocycles. The molecule has 5 rings (SSSR count). The number of thiophene rings is 1. The summed E-state index contributed by atoms with van der Waals surface area (Å²) in [5.74, 6) is 2.73. The molecule has 4 aliphatic carbocycles. The normalized spacial score (nSPS) is 38.5. The van der Waals surface area contributed by atoms with Gasteiger partial charge in [0.2, 0.25) is 5.91 Å². The zero-order chi connectivity index (χ0) is 13.6. The topological polar surface area (TPSA) is 29.1 Å². The number of amides is 1. The van der Waals surface area contributed by atoms with Gasteiger partial charge in [-0.3, -0.25) is 4.79 Å². The van der Waals surface area contributed by atoms with E-state index in [1.54, 1.807) is 17.4 Å². The van der Waals surface area contributed by atoms with Crippen molar-refractivity contribution in [2.24, 2.45) is 17.8 Å². The molecule has 1 N–H and O–H groups in total. The number of hydrogen-bond donors (Lipinski definition) is 1. The first-order valence-electron chi connectivity index (χ1n) is 7.73. The monoisotopic (exact) mass is 287 g/mol. The molecular weight excluding hydrogens is 266 g/mol. The summed E-state index contributed by atoms with van der Waals surface area (Å²) < 4.78 is 0. The van der Waals surface area contributed by atoms with Gasteiger partial charge in [-0.15, -0.1) is 0 Å². The lowest BCUT2D eigenvalue weighted by Crippen LogP contribution is -2.59. The van der Waals surface area contributed by atoms with E-state index in [9.17, 15) is 4.79 Å². The Morgan fingerprint density at radius 1 is 1.20 bits per heavy atom. The van der Waals surface area contributed by atoms with Crippen LogP contribution in [0.1, 0.15) is 44.1 Å². The van der Waals surface area contributed by atoms with Crippen LogP contribution in [0.5, 0.6) is 0 Å². The molecule has 1 amide bonds. The van der Waals surface area contributed by atoms with Gasteiger partial charge in [-0.25, -0.2) is 0 Å². The summed E-state index contributed by atoms with van der Waals surface area (Å²) in [6.45, 7) is 0. The maximum atomic E-state index is 12.2. The van der Waals surface area contributed by atoms with Crippen molar-refractivity contribution < 1.29 is 4.79 Å². The fraction of sp³-hybridized carbons (Fsp3) is 0.588. The van der Waals surface area contributed by atoms with Crippen LogP contribution in [0.25, 0.3) is 6.08 Å². The van der Waals surface area contributed by atoms with Gasteiger partial charge in [0.25, 0.3) is 0 Å². The van der Waals surface area contributed by atoms with E-state index in [2.05, 4.69) is 10.7 Å². The smallest absolute Gasteiger partial charge is 0.244 e. The maximum Gasteiger partial charge on any atom is 0.244 e. The predicted molar refractivity (Wildman–Crippen MR) is 82.4 cm³/mol. The van der Waals surface area contributed by atoms with E-state index in [4.69, 9.17) is 0 Å². The molecule has 4 fully saturated rings. The van der Waals surface area contributed by atoms with E-state index in [1.165, 1.54) is 38.5 Å². The fourth-order valence-electron chi connectivity index (χ4n) is 5.11. The van der Waals surface area contributed by atoms with Crippen LogP contribution in [0.3, 0.4) is 0 Å². The zero-order valence-corrected chi connectivity index (χ0v) is 12.5. The molecule has 0 saturated heterocycles. The van der Waals surface area contributed by atoms with E-state index >= 15 is 0 Å². The van der Waals surface area contributed by atoms with Gasteiger partial charge >= 0.3 is 0 Å². The van der Waals surface area contributed by atoms with Crippen molar-refractivity contribution in [2.75, 3.05) is 0 Å². The van der Waals surface area contributed by atoms with Crippen molar-refractivity contribution in [3.05, 3.63) is 28.5 Å². The van der Waals surface area contributed by atoms with E-state index in [0.717, 1.165) is 23.3 Å². The molecule has 0 aliphatic heterocycles. The minimum Gasteiger partial charge on any atom is -0.347 e. The summed E-state index contributed by atoms with van der Waals surface area (Å²) in [4.78, 5) is 12.2. The summed E-state index contributed by atoms with van der Waals surface area (Å²) in [6, 6.07) is 2.04. The standard InChI is InChI=1S/C17H21NOS/c19-16(2-1-12-3-4-20-11-12)18-17-8-13-5-14(9-17)7-15(6-13)10-17/h1-4,11,13-15H,5-10H2,(H,18,19)/b2-1+. The molecule has 0 atom stereocenters. The van der Waals surface area contributed by atoms with E-state index in [1.807, 2.05) is 17.5 Å². The summed E-state index contributed by atoms with van der Waals surface area (Å²) in [5.41, 5.74) is 1.25. The van der Waals surface area contributed by atoms with Gasteiger partial charge in [0.05, 0.1) is 0 Å². The molecule has 2 nitrogen and oxygen atoms in total. The second-order valence-electron chi connectivity index (χ2n) is 7.08. The highest BCUT2D eigenvalue weighted by molar-refractivity contribution is 7.08. The molecule has 4 bridgehead atoms. The fourth-order valence-corrected chi connectivity index (χ4v) is 5.74. The van der Waals surface area contributed by atoms with Gasteiger partial charge in [-0.05, 0) is 84.7 Å². The molecule has 1 aromatic heterocycles. The summed E-state index contributed by atoms with van der Waals surface area (Å²) in [7, 11) is 0. The predicted octanol–water partition coefficient (Wildman–Crippen LogP) is 3.85. The number of nitrogens with one attached hydrogen (secondary N) is 1. The second-order valence-corrected chi connectivity index (χ2v) is 7.86. The van der Waals surface area contributed by atoms with Crippen LogP contribution in [0.4, 0.5) is 0 Å². The first-order chi connectivity index (χ1) is 9.71. The first kappa shape index (κ1) is 12.6. The number of carbonyl (C=O) groups excluding carboxylic acids is 1. The van der Waals surface area contributed by atoms with Crippen LogP contribution in [-0.2, 0) is 4.79 Å². The molecule has 0 radical (unpaired) electrons. The molecule has 4 aliphatic rings. The Balaban J connectivity index is 1.44. The average Bonchev–Trinajstić information content (AvgIpc) is 2.87. The third-order valence-corrected chi connectivity index (χ3v) is 6.10. The number of hydrogen-bond acceptors (Lipinski definition) is 2. The van der Waals surface area contributed by atoms with Crippen LogP contribution in [-0.4, -0.2) is 11.4 Å². The van der Waals surface area contributed by atoms with Crippen molar-refractivity contribution >= 4 is 23.3 Å². The molecule has 0 unspecified atom stereocenters. The van der Waals surface area contributed by atoms with Gasteiger partial charge in [0.15, 0.2) is 0 Å². The van der Waals surface area contributed by atoms with Gasteiger partial charge in [0.1, 0.15) is 0 Å². The van der Waals surface area contributed by atoms with Gasteiger partial charge in [-0.2, -0.15) is 11.3 Å². The molecule has 0 spiro atoms. The van der Waals surface area contributed by atoms with Crippen LogP contribution in [0.15, 0.2) is 22.9 Å². The number of rotatable bonds is 3. The van der Waals surface area contributed by atoms with Crippen LogP contribution in [0, 0.1) is 17.8 Å². The van der Waals surface area contributed by atoms with Crippen molar-refractivity contribution in [1.29, 1.82) is 0 Å². The molecule has 0 aromatic carbocycles. The van der Waals surface area contributed by atoms with Crippen molar-refractivity contribution in [1.82, 2.24) is 5.32 Å². The molecule has 3 heteroatoms. The third kappa shape index (κ3) is 2.32. The maximum absolute atomic E-state index is 12.2. The Bertz CT molecular complexity index is 496. The zero-order valence-electron chi connectivity index (χ0n) is 11.7. The van der Waals surface area contributed by atoms with E-state index in [0.29, 0.717) is 0 Å². The first-order valence-corrected chi connectivity index (χ1v) is 8.67. The van der Waals surface area contributed by atoms with Crippen LogP contribution >= 0.6 is 11.3 Å². The van der Waals surface area contributed by atoms with Crippen molar-refractivity contribution in [3.8, 4) is 0 Å². The highest BCUT2D eigenvalue weighted by atomic mass is 32.1. The summed E-state index contributed by atoms with van der Waals surface area (Å²) in [5, 5.41) is 7.47. The van der Waals surface area contributed by atoms with Crippen molar-refractivity contribution in [3.63, 3.8) is 0 Å². The quantitative estimate of drug-likeness (QED) is 0.841. The third-order valence-electron chi connectivity index (χ3n) is 5.40. The molecule has 1 heterocycles. The Labute approximate surface area is 124 Å².